The Balaban J connectivity index is 1.83. The minimum Gasteiger partial charge on any atom is -0.320 e. The molecule has 2 heterocycles. The third kappa shape index (κ3) is 3.38. The fourth-order valence-corrected chi connectivity index (χ4v) is 3.06. The Bertz CT molecular complexity index is 881. The number of hydrogen-bond donors (Lipinski definition) is 1. The number of carbonyl (C=O) groups is 1. The van der Waals surface area contributed by atoms with Gasteiger partial charge in [0.05, 0.1) is 5.02 Å². The predicted molar refractivity (Wildman–Crippen MR) is 89.4 cm³/mol. The van der Waals surface area contributed by atoms with Crippen molar-refractivity contribution < 1.29 is 9.18 Å². The number of rotatable bonds is 3. The fourth-order valence-electron chi connectivity index (χ4n) is 1.98. The Labute approximate surface area is 141 Å². The maximum atomic E-state index is 13.1. The second kappa shape index (κ2) is 6.44. The van der Waals surface area contributed by atoms with Crippen LogP contribution >= 0.6 is 22.9 Å². The monoisotopic (exact) mass is 347 g/mol. The number of nitrogens with zero attached hydrogens (tertiary/aromatic N) is 2. The van der Waals surface area contributed by atoms with Crippen LogP contribution in [-0.4, -0.2) is 15.9 Å². The third-order valence-corrected chi connectivity index (χ3v) is 4.29. The van der Waals surface area contributed by atoms with E-state index in [1.54, 1.807) is 30.6 Å². The molecule has 3 rings (SSSR count). The van der Waals surface area contributed by atoms with Crippen LogP contribution in [-0.2, 0) is 0 Å². The maximum Gasteiger partial charge on any atom is 0.275 e. The molecule has 0 bridgehead atoms. The highest BCUT2D eigenvalue weighted by Crippen LogP contribution is 2.28. The van der Waals surface area contributed by atoms with Crippen LogP contribution in [0.1, 0.15) is 16.1 Å². The fraction of sp³-hybridized carbons (Fsp3) is 0.0625. The quantitative estimate of drug-likeness (QED) is 0.755. The largest absolute Gasteiger partial charge is 0.320 e. The molecule has 23 heavy (non-hydrogen) atoms. The van der Waals surface area contributed by atoms with Crippen LogP contribution in [0.4, 0.5) is 10.1 Å². The first-order chi connectivity index (χ1) is 11.0. The van der Waals surface area contributed by atoms with Crippen molar-refractivity contribution in [3.63, 3.8) is 0 Å². The van der Waals surface area contributed by atoms with Crippen LogP contribution in [0.3, 0.4) is 0 Å². The molecule has 0 atom stereocenters. The minimum atomic E-state index is -0.366. The lowest BCUT2D eigenvalue weighted by molar-refractivity contribution is 0.102. The van der Waals surface area contributed by atoms with Crippen molar-refractivity contribution in [3.8, 4) is 10.7 Å². The molecule has 1 N–H and O–H groups in total. The van der Waals surface area contributed by atoms with Gasteiger partial charge in [-0.2, -0.15) is 0 Å². The van der Waals surface area contributed by atoms with Gasteiger partial charge in [-0.3, -0.25) is 9.78 Å². The summed E-state index contributed by atoms with van der Waals surface area (Å²) in [7, 11) is 0. The molecule has 0 aliphatic heterocycles. The SMILES string of the molecule is Cc1cc(F)ccc1NC(=O)c1csc(-c2ncccc2Cl)n1. The van der Waals surface area contributed by atoms with E-state index in [-0.39, 0.29) is 17.4 Å². The Morgan fingerprint density at radius 1 is 1.35 bits per heavy atom. The van der Waals surface area contributed by atoms with Crippen molar-refractivity contribution in [2.45, 2.75) is 6.92 Å². The number of hydrogen-bond acceptors (Lipinski definition) is 4. The number of carbonyl (C=O) groups excluding carboxylic acids is 1. The van der Waals surface area contributed by atoms with Gasteiger partial charge < -0.3 is 5.32 Å². The van der Waals surface area contributed by atoms with E-state index < -0.39 is 0 Å². The lowest BCUT2D eigenvalue weighted by Gasteiger charge is -2.06. The van der Waals surface area contributed by atoms with Gasteiger partial charge >= 0.3 is 0 Å². The van der Waals surface area contributed by atoms with Gasteiger partial charge in [-0.1, -0.05) is 11.6 Å². The molecule has 0 fully saturated rings. The first-order valence-corrected chi connectivity index (χ1v) is 7.94. The number of anilines is 1. The number of benzene rings is 1. The summed E-state index contributed by atoms with van der Waals surface area (Å²) < 4.78 is 13.1. The van der Waals surface area contributed by atoms with Crippen LogP contribution in [0.2, 0.25) is 5.02 Å². The van der Waals surface area contributed by atoms with Crippen molar-refractivity contribution >= 4 is 34.5 Å². The zero-order valence-electron chi connectivity index (χ0n) is 12.0. The molecule has 1 aromatic carbocycles. The van der Waals surface area contributed by atoms with Gasteiger partial charge in [0, 0.05) is 17.3 Å². The summed E-state index contributed by atoms with van der Waals surface area (Å²) in [5.74, 6) is -0.713. The molecule has 7 heteroatoms. The molecule has 0 saturated heterocycles. The highest BCUT2D eigenvalue weighted by molar-refractivity contribution is 7.13. The average molecular weight is 348 g/mol. The molecule has 0 unspecified atom stereocenters. The highest BCUT2D eigenvalue weighted by Gasteiger charge is 2.15. The molecule has 0 aliphatic rings. The summed E-state index contributed by atoms with van der Waals surface area (Å²) in [6.45, 7) is 1.72. The summed E-state index contributed by atoms with van der Waals surface area (Å²) in [5.41, 5.74) is 1.98. The Morgan fingerprint density at radius 3 is 2.91 bits per heavy atom. The van der Waals surface area contributed by atoms with Crippen LogP contribution < -0.4 is 5.32 Å². The van der Waals surface area contributed by atoms with Gasteiger partial charge in [-0.25, -0.2) is 9.37 Å². The van der Waals surface area contributed by atoms with E-state index in [1.165, 1.54) is 29.5 Å². The average Bonchev–Trinajstić information content (AvgIpc) is 3.00. The van der Waals surface area contributed by atoms with Crippen molar-refractivity contribution in [2.75, 3.05) is 5.32 Å². The molecular formula is C16H11ClFN3OS. The van der Waals surface area contributed by atoms with Gasteiger partial charge in [-0.15, -0.1) is 11.3 Å². The molecular weight excluding hydrogens is 337 g/mol. The molecule has 0 saturated carbocycles. The van der Waals surface area contributed by atoms with Crippen LogP contribution in [0, 0.1) is 12.7 Å². The second-order valence-corrected chi connectivity index (χ2v) is 6.05. The molecule has 3 aromatic rings. The summed E-state index contributed by atoms with van der Waals surface area (Å²) in [4.78, 5) is 20.7. The molecule has 0 aliphatic carbocycles. The van der Waals surface area contributed by atoms with Gasteiger partial charge in [0.2, 0.25) is 0 Å². The van der Waals surface area contributed by atoms with E-state index in [1.807, 2.05) is 0 Å². The first-order valence-electron chi connectivity index (χ1n) is 6.68. The Morgan fingerprint density at radius 2 is 2.17 bits per heavy atom. The Kier molecular flexibility index (Phi) is 4.36. The van der Waals surface area contributed by atoms with Crippen LogP contribution in [0.15, 0.2) is 41.9 Å². The number of pyridine rings is 1. The minimum absolute atomic E-state index is 0.260. The van der Waals surface area contributed by atoms with Gasteiger partial charge in [-0.05, 0) is 42.8 Å². The van der Waals surface area contributed by atoms with Crippen molar-refractivity contribution in [1.29, 1.82) is 0 Å². The molecule has 116 valence electrons. The molecule has 0 radical (unpaired) electrons. The van der Waals surface area contributed by atoms with E-state index in [4.69, 9.17) is 11.6 Å². The highest BCUT2D eigenvalue weighted by atomic mass is 35.5. The zero-order chi connectivity index (χ0) is 16.4. The maximum absolute atomic E-state index is 13.1. The third-order valence-electron chi connectivity index (χ3n) is 3.13. The lowest BCUT2D eigenvalue weighted by atomic mass is 10.2. The summed E-state index contributed by atoms with van der Waals surface area (Å²) >= 11 is 7.36. The number of thiazole rings is 1. The van der Waals surface area contributed by atoms with Gasteiger partial charge in [0.25, 0.3) is 5.91 Å². The summed E-state index contributed by atoms with van der Waals surface area (Å²) in [6, 6.07) is 7.61. The molecule has 2 aromatic heterocycles. The molecule has 1 amide bonds. The number of aryl methyl sites for hydroxylation is 1. The van der Waals surface area contributed by atoms with Gasteiger partial charge in [0.15, 0.2) is 0 Å². The van der Waals surface area contributed by atoms with Crippen LogP contribution in [0.25, 0.3) is 10.7 Å². The number of halogens is 2. The van der Waals surface area contributed by atoms with E-state index in [0.717, 1.165) is 0 Å². The second-order valence-electron chi connectivity index (χ2n) is 4.79. The van der Waals surface area contributed by atoms with E-state index in [2.05, 4.69) is 15.3 Å². The number of amides is 1. The Hall–Kier alpha value is -2.31. The standard InChI is InChI=1S/C16H11ClFN3OS/c1-9-7-10(18)4-5-12(9)20-15(22)13-8-23-16(21-13)14-11(17)3-2-6-19-14/h2-8H,1H3,(H,20,22). The topological polar surface area (TPSA) is 54.9 Å². The first kappa shape index (κ1) is 15.6. The number of nitrogens with one attached hydrogen (secondary N) is 1. The predicted octanol–water partition coefficient (Wildman–Crippen LogP) is 4.56. The van der Waals surface area contributed by atoms with Crippen molar-refractivity contribution in [3.05, 3.63) is 64.0 Å². The number of aromatic nitrogens is 2. The van der Waals surface area contributed by atoms with E-state index in [9.17, 15) is 9.18 Å². The molecule has 4 nitrogen and oxygen atoms in total. The van der Waals surface area contributed by atoms with Crippen molar-refractivity contribution in [2.24, 2.45) is 0 Å². The van der Waals surface area contributed by atoms with E-state index >= 15 is 0 Å². The zero-order valence-corrected chi connectivity index (χ0v) is 13.6. The van der Waals surface area contributed by atoms with Crippen LogP contribution in [0.5, 0.6) is 0 Å². The molecule has 0 spiro atoms. The lowest BCUT2D eigenvalue weighted by Crippen LogP contribution is -2.13. The van der Waals surface area contributed by atoms with Gasteiger partial charge in [0.1, 0.15) is 22.2 Å². The summed E-state index contributed by atoms with van der Waals surface area (Å²) in [5, 5.41) is 5.39. The van der Waals surface area contributed by atoms with Crippen molar-refractivity contribution in [1.82, 2.24) is 9.97 Å². The normalized spacial score (nSPS) is 10.6. The van der Waals surface area contributed by atoms with E-state index in [0.29, 0.717) is 27.0 Å². The smallest absolute Gasteiger partial charge is 0.275 e. The summed E-state index contributed by atoms with van der Waals surface area (Å²) in [6.07, 6.45) is 1.62.